The van der Waals surface area contributed by atoms with Gasteiger partial charge in [-0.25, -0.2) is 9.97 Å². The van der Waals surface area contributed by atoms with Crippen molar-refractivity contribution < 1.29 is 9.84 Å². The molecule has 0 aliphatic heterocycles. The first-order valence-electron chi connectivity index (χ1n) is 5.21. The van der Waals surface area contributed by atoms with E-state index in [2.05, 4.69) is 9.97 Å². The van der Waals surface area contributed by atoms with Crippen LogP contribution in [0.15, 0.2) is 48.8 Å². The second-order valence-electron chi connectivity index (χ2n) is 3.29. The van der Waals surface area contributed by atoms with Gasteiger partial charge in [-0.3, -0.25) is 0 Å². The van der Waals surface area contributed by atoms with Gasteiger partial charge in [0.2, 0.25) is 0 Å². The number of benzene rings is 1. The molecule has 2 rings (SSSR count). The van der Waals surface area contributed by atoms with Crippen molar-refractivity contribution in [2.75, 3.05) is 6.61 Å². The number of hydrogen-bond donors (Lipinski definition) is 1. The Balaban J connectivity index is 2.06. The number of nitrogens with zero attached hydrogens (tertiary/aromatic N) is 2. The van der Waals surface area contributed by atoms with Gasteiger partial charge in [-0.15, -0.1) is 0 Å². The van der Waals surface area contributed by atoms with E-state index in [0.717, 1.165) is 5.56 Å². The molecule has 0 bridgehead atoms. The summed E-state index contributed by atoms with van der Waals surface area (Å²) in [6.45, 7) is 0.0378. The van der Waals surface area contributed by atoms with Crippen molar-refractivity contribution in [3.63, 3.8) is 0 Å². The zero-order valence-corrected chi connectivity index (χ0v) is 9.15. The van der Waals surface area contributed by atoms with Gasteiger partial charge >= 0.3 is 6.01 Å². The lowest BCUT2D eigenvalue weighted by Gasteiger charge is -2.02. The molecule has 0 atom stereocenters. The molecule has 1 aromatic heterocycles. The van der Waals surface area contributed by atoms with Crippen LogP contribution in [0.2, 0.25) is 0 Å². The van der Waals surface area contributed by atoms with Crippen LogP contribution >= 0.6 is 0 Å². The van der Waals surface area contributed by atoms with E-state index >= 15 is 0 Å². The predicted octanol–water partition coefficient (Wildman–Crippen LogP) is 2.27. The molecule has 4 nitrogen and oxygen atoms in total. The van der Waals surface area contributed by atoms with Crippen LogP contribution in [0.5, 0.6) is 11.8 Å². The Labute approximate surface area is 99.2 Å². The van der Waals surface area contributed by atoms with Crippen LogP contribution in [-0.2, 0) is 0 Å². The van der Waals surface area contributed by atoms with E-state index in [0.29, 0.717) is 11.8 Å². The summed E-state index contributed by atoms with van der Waals surface area (Å²) in [5.41, 5.74) is 1.00. The summed E-state index contributed by atoms with van der Waals surface area (Å²) in [5, 5.41) is 8.65. The maximum atomic E-state index is 8.65. The molecule has 0 amide bonds. The monoisotopic (exact) mass is 228 g/mol. The van der Waals surface area contributed by atoms with Gasteiger partial charge in [0.05, 0.1) is 6.61 Å². The highest BCUT2D eigenvalue weighted by Gasteiger charge is 1.97. The first-order chi connectivity index (χ1) is 8.38. The van der Waals surface area contributed by atoms with Gasteiger partial charge in [0.25, 0.3) is 0 Å². The number of rotatable bonds is 4. The largest absolute Gasteiger partial charge is 0.424 e. The average Bonchev–Trinajstić information content (AvgIpc) is 2.39. The summed E-state index contributed by atoms with van der Waals surface area (Å²) in [7, 11) is 0. The molecule has 1 heterocycles. The van der Waals surface area contributed by atoms with E-state index < -0.39 is 0 Å². The zero-order chi connectivity index (χ0) is 11.9. The molecule has 0 unspecified atom stereocenters. The topological polar surface area (TPSA) is 55.2 Å². The van der Waals surface area contributed by atoms with Gasteiger partial charge in [-0.05, 0) is 23.8 Å². The first-order valence-corrected chi connectivity index (χ1v) is 5.21. The maximum absolute atomic E-state index is 8.65. The van der Waals surface area contributed by atoms with E-state index in [-0.39, 0.29) is 6.61 Å². The van der Waals surface area contributed by atoms with E-state index in [1.54, 1.807) is 24.5 Å². The molecule has 4 heteroatoms. The van der Waals surface area contributed by atoms with E-state index in [9.17, 15) is 0 Å². The van der Waals surface area contributed by atoms with Crippen molar-refractivity contribution in [3.8, 4) is 11.8 Å². The minimum atomic E-state index is 0.0378. The Kier molecular flexibility index (Phi) is 3.83. The molecular formula is C13H12N2O2. The fourth-order valence-electron chi connectivity index (χ4n) is 1.28. The van der Waals surface area contributed by atoms with Gasteiger partial charge in [0.15, 0.2) is 0 Å². The molecule has 1 N–H and O–H groups in total. The van der Waals surface area contributed by atoms with Crippen molar-refractivity contribution >= 4 is 6.08 Å². The summed E-state index contributed by atoms with van der Waals surface area (Å²) in [6, 6.07) is 9.50. The Hall–Kier alpha value is -2.20. The smallest absolute Gasteiger partial charge is 0.321 e. The van der Waals surface area contributed by atoms with Crippen molar-refractivity contribution in [2.24, 2.45) is 0 Å². The van der Waals surface area contributed by atoms with Crippen LogP contribution in [0.4, 0.5) is 0 Å². The van der Waals surface area contributed by atoms with Gasteiger partial charge in [0, 0.05) is 12.4 Å². The fourth-order valence-corrected chi connectivity index (χ4v) is 1.28. The minimum Gasteiger partial charge on any atom is -0.424 e. The SMILES string of the molecule is OCC=Cc1ccc(Oc2ncccn2)cc1. The highest BCUT2D eigenvalue weighted by molar-refractivity contribution is 5.50. The molecule has 1 aromatic carbocycles. The maximum Gasteiger partial charge on any atom is 0.321 e. The Bertz CT molecular complexity index is 481. The lowest BCUT2D eigenvalue weighted by molar-refractivity contribution is 0.343. The molecular weight excluding hydrogens is 216 g/mol. The van der Waals surface area contributed by atoms with Crippen LogP contribution in [-0.4, -0.2) is 21.7 Å². The number of aromatic nitrogens is 2. The third kappa shape index (κ3) is 3.39. The average molecular weight is 228 g/mol. The van der Waals surface area contributed by atoms with E-state index in [1.165, 1.54) is 0 Å². The standard InChI is InChI=1S/C13H12N2O2/c16-10-1-3-11-4-6-12(7-5-11)17-13-14-8-2-9-15-13/h1-9,16H,10H2. The number of hydrogen-bond acceptors (Lipinski definition) is 4. The first kappa shape index (κ1) is 11.3. The predicted molar refractivity (Wildman–Crippen MR) is 64.7 cm³/mol. The highest BCUT2D eigenvalue weighted by Crippen LogP contribution is 2.17. The van der Waals surface area contributed by atoms with Crippen LogP contribution in [0.3, 0.4) is 0 Å². The molecule has 0 aliphatic carbocycles. The lowest BCUT2D eigenvalue weighted by atomic mass is 10.2. The van der Waals surface area contributed by atoms with Gasteiger partial charge in [-0.2, -0.15) is 0 Å². The Morgan fingerprint density at radius 1 is 1.12 bits per heavy atom. The lowest BCUT2D eigenvalue weighted by Crippen LogP contribution is -1.89. The van der Waals surface area contributed by atoms with Crippen molar-refractivity contribution in [1.82, 2.24) is 9.97 Å². The highest BCUT2D eigenvalue weighted by atomic mass is 16.5. The van der Waals surface area contributed by atoms with Gasteiger partial charge in [0.1, 0.15) is 5.75 Å². The zero-order valence-electron chi connectivity index (χ0n) is 9.15. The summed E-state index contributed by atoms with van der Waals surface area (Å²) in [4.78, 5) is 7.93. The third-order valence-electron chi connectivity index (χ3n) is 2.05. The summed E-state index contributed by atoms with van der Waals surface area (Å²) >= 11 is 0. The molecule has 0 aliphatic rings. The molecule has 0 saturated heterocycles. The molecule has 86 valence electrons. The van der Waals surface area contributed by atoms with Crippen molar-refractivity contribution in [2.45, 2.75) is 0 Å². The van der Waals surface area contributed by atoms with E-state index in [4.69, 9.17) is 9.84 Å². The Morgan fingerprint density at radius 3 is 2.47 bits per heavy atom. The molecule has 2 aromatic rings. The number of aliphatic hydroxyl groups is 1. The van der Waals surface area contributed by atoms with Crippen molar-refractivity contribution in [1.29, 1.82) is 0 Å². The summed E-state index contributed by atoms with van der Waals surface area (Å²) in [6.07, 6.45) is 6.76. The fraction of sp³-hybridized carbons (Fsp3) is 0.0769. The summed E-state index contributed by atoms with van der Waals surface area (Å²) in [5.74, 6) is 0.678. The third-order valence-corrected chi connectivity index (χ3v) is 2.05. The van der Waals surface area contributed by atoms with Crippen LogP contribution < -0.4 is 4.74 Å². The number of ether oxygens (including phenoxy) is 1. The molecule has 0 spiro atoms. The Morgan fingerprint density at radius 2 is 1.82 bits per heavy atom. The van der Waals surface area contributed by atoms with E-state index in [1.807, 2.05) is 30.3 Å². The molecule has 0 saturated carbocycles. The molecule has 0 fully saturated rings. The molecule has 0 radical (unpaired) electrons. The van der Waals surface area contributed by atoms with Gasteiger partial charge < -0.3 is 9.84 Å². The quantitative estimate of drug-likeness (QED) is 0.872. The normalized spacial score (nSPS) is 10.6. The van der Waals surface area contributed by atoms with Crippen LogP contribution in [0.25, 0.3) is 6.08 Å². The second kappa shape index (κ2) is 5.77. The molecule has 17 heavy (non-hydrogen) atoms. The van der Waals surface area contributed by atoms with Crippen LogP contribution in [0.1, 0.15) is 5.56 Å². The minimum absolute atomic E-state index is 0.0378. The van der Waals surface area contributed by atoms with Crippen LogP contribution in [0, 0.1) is 0 Å². The second-order valence-corrected chi connectivity index (χ2v) is 3.29. The van der Waals surface area contributed by atoms with Crippen molar-refractivity contribution in [3.05, 3.63) is 54.4 Å². The summed E-state index contributed by atoms with van der Waals surface area (Å²) < 4.78 is 5.44. The van der Waals surface area contributed by atoms with Gasteiger partial charge in [-0.1, -0.05) is 24.3 Å². The number of aliphatic hydroxyl groups excluding tert-OH is 1.